The van der Waals surface area contributed by atoms with Gasteiger partial charge in [0, 0.05) is 32.3 Å². The number of fused-ring (bicyclic) bond motifs is 13. The number of rotatable bonds is 4. The Morgan fingerprint density at radius 1 is 0.410 bits per heavy atom. The standard InChI is InChI=1S/C57H34N2OS/c1-2-14-35(15-3-1)36-28-30-37(31-29-36)56-58-53(55-54(59-56)44-21-7-11-27-51(44)61-55)41-19-12-18-40(32-41)42-22-13-25-47-52(42)43-20-6-8-23-45(43)57(47)46-24-9-10-26-49(46)60-50-34-39-17-5-4-16-38(39)33-48(50)57/h1-34H. The van der Waals surface area contributed by atoms with Crippen LogP contribution in [-0.2, 0) is 5.41 Å². The average molecular weight is 795 g/mol. The van der Waals surface area contributed by atoms with Gasteiger partial charge in [-0.25, -0.2) is 9.97 Å². The Morgan fingerprint density at radius 3 is 1.93 bits per heavy atom. The predicted octanol–water partition coefficient (Wildman–Crippen LogP) is 15.1. The van der Waals surface area contributed by atoms with Crippen LogP contribution in [0.4, 0.5) is 0 Å². The van der Waals surface area contributed by atoms with Gasteiger partial charge in [-0.05, 0) is 85.6 Å². The van der Waals surface area contributed by atoms with Crippen LogP contribution in [-0.4, -0.2) is 9.97 Å². The molecule has 1 aliphatic heterocycles. The normalized spacial score (nSPS) is 14.8. The lowest BCUT2D eigenvalue weighted by Crippen LogP contribution is -2.32. The molecule has 11 aromatic rings. The molecule has 13 rings (SSSR count). The van der Waals surface area contributed by atoms with E-state index in [1.807, 2.05) is 0 Å². The third-order valence-corrected chi connectivity index (χ3v) is 13.9. The van der Waals surface area contributed by atoms with Gasteiger partial charge < -0.3 is 4.74 Å². The molecular formula is C57H34N2OS. The second-order valence-corrected chi connectivity index (χ2v) is 17.1. The number of aromatic nitrogens is 2. The first kappa shape index (κ1) is 34.2. The lowest BCUT2D eigenvalue weighted by Gasteiger charge is -2.39. The quantitative estimate of drug-likeness (QED) is 0.178. The van der Waals surface area contributed by atoms with Crippen molar-refractivity contribution < 1.29 is 4.74 Å². The van der Waals surface area contributed by atoms with Crippen molar-refractivity contribution in [2.24, 2.45) is 0 Å². The summed E-state index contributed by atoms with van der Waals surface area (Å²) in [6.07, 6.45) is 0. The van der Waals surface area contributed by atoms with Gasteiger partial charge in [-0.15, -0.1) is 11.3 Å². The summed E-state index contributed by atoms with van der Waals surface area (Å²) < 4.78 is 9.09. The molecule has 61 heavy (non-hydrogen) atoms. The summed E-state index contributed by atoms with van der Waals surface area (Å²) >= 11 is 1.76. The van der Waals surface area contributed by atoms with Gasteiger partial charge >= 0.3 is 0 Å². The van der Waals surface area contributed by atoms with E-state index in [4.69, 9.17) is 14.7 Å². The molecule has 2 aliphatic rings. The number of hydrogen-bond acceptors (Lipinski definition) is 4. The molecule has 1 spiro atoms. The van der Waals surface area contributed by atoms with Crippen LogP contribution in [0.15, 0.2) is 206 Å². The lowest BCUT2D eigenvalue weighted by atomic mass is 9.65. The van der Waals surface area contributed by atoms with Gasteiger partial charge in [-0.3, -0.25) is 0 Å². The molecule has 0 saturated carbocycles. The third kappa shape index (κ3) is 5.03. The SMILES string of the molecule is c1ccc(-c2ccc(-c3nc(-c4cccc(-c5cccc6c5-c5ccccc5C65c6ccccc6Oc6cc7ccccc7cc65)c4)c4sc5ccccc5c4n3)cc2)cc1. The van der Waals surface area contributed by atoms with E-state index >= 15 is 0 Å². The van der Waals surface area contributed by atoms with Crippen LogP contribution in [0.1, 0.15) is 22.3 Å². The summed E-state index contributed by atoms with van der Waals surface area (Å²) in [6, 6.07) is 74.3. The summed E-state index contributed by atoms with van der Waals surface area (Å²) in [6.45, 7) is 0. The smallest absolute Gasteiger partial charge is 0.160 e. The van der Waals surface area contributed by atoms with Crippen LogP contribution < -0.4 is 4.74 Å². The summed E-state index contributed by atoms with van der Waals surface area (Å²) in [5.74, 6) is 2.51. The van der Waals surface area contributed by atoms with E-state index in [1.165, 1.54) is 54.6 Å². The number of ether oxygens (including phenoxy) is 1. The Hall–Kier alpha value is -7.66. The molecule has 0 fully saturated rings. The fourth-order valence-corrected chi connectivity index (χ4v) is 11.2. The summed E-state index contributed by atoms with van der Waals surface area (Å²) in [4.78, 5) is 10.7. The van der Waals surface area contributed by atoms with Crippen molar-refractivity contribution in [1.82, 2.24) is 9.97 Å². The zero-order valence-corrected chi connectivity index (χ0v) is 33.7. The maximum Gasteiger partial charge on any atom is 0.160 e. The van der Waals surface area contributed by atoms with Gasteiger partial charge in [0.25, 0.3) is 0 Å². The maximum atomic E-state index is 6.80. The van der Waals surface area contributed by atoms with E-state index in [0.29, 0.717) is 0 Å². The van der Waals surface area contributed by atoms with Gasteiger partial charge in [0.15, 0.2) is 5.82 Å². The van der Waals surface area contributed by atoms with Gasteiger partial charge in [-0.1, -0.05) is 176 Å². The second-order valence-electron chi connectivity index (χ2n) is 16.0. The van der Waals surface area contributed by atoms with Gasteiger partial charge in [-0.2, -0.15) is 0 Å². The topological polar surface area (TPSA) is 35.0 Å². The highest BCUT2D eigenvalue weighted by atomic mass is 32.1. The van der Waals surface area contributed by atoms with E-state index in [1.54, 1.807) is 11.3 Å². The van der Waals surface area contributed by atoms with Crippen molar-refractivity contribution in [2.45, 2.75) is 5.41 Å². The molecule has 0 bridgehead atoms. The van der Waals surface area contributed by atoms with Crippen molar-refractivity contribution in [3.8, 4) is 67.5 Å². The summed E-state index contributed by atoms with van der Waals surface area (Å²) in [5.41, 5.74) is 15.4. The summed E-state index contributed by atoms with van der Waals surface area (Å²) in [5, 5.41) is 3.51. The molecule has 0 N–H and O–H groups in total. The molecule has 3 nitrogen and oxygen atoms in total. The van der Waals surface area contributed by atoms with E-state index in [2.05, 4.69) is 206 Å². The Morgan fingerprint density at radius 2 is 1.05 bits per heavy atom. The van der Waals surface area contributed by atoms with Crippen molar-refractivity contribution in [2.75, 3.05) is 0 Å². The van der Waals surface area contributed by atoms with E-state index in [9.17, 15) is 0 Å². The van der Waals surface area contributed by atoms with Crippen LogP contribution in [0.2, 0.25) is 0 Å². The predicted molar refractivity (Wildman–Crippen MR) is 252 cm³/mol. The molecule has 0 amide bonds. The minimum Gasteiger partial charge on any atom is -0.457 e. The Balaban J connectivity index is 1.02. The highest BCUT2D eigenvalue weighted by Crippen LogP contribution is 2.63. The fraction of sp³-hybridized carbons (Fsp3) is 0.0175. The first-order valence-electron chi connectivity index (χ1n) is 20.7. The Kier molecular flexibility index (Phi) is 7.39. The first-order chi connectivity index (χ1) is 30.2. The van der Waals surface area contributed by atoms with Crippen molar-refractivity contribution in [1.29, 1.82) is 0 Å². The number of hydrogen-bond donors (Lipinski definition) is 0. The monoisotopic (exact) mass is 794 g/mol. The van der Waals surface area contributed by atoms with Gasteiger partial charge in [0.2, 0.25) is 0 Å². The zero-order chi connectivity index (χ0) is 40.1. The highest BCUT2D eigenvalue weighted by Gasteiger charge is 2.51. The molecule has 3 heterocycles. The minimum absolute atomic E-state index is 0.575. The molecule has 0 saturated heterocycles. The van der Waals surface area contributed by atoms with Crippen LogP contribution >= 0.6 is 11.3 Å². The average Bonchev–Trinajstić information content (AvgIpc) is 3.85. The second kappa shape index (κ2) is 13.2. The summed E-state index contributed by atoms with van der Waals surface area (Å²) in [7, 11) is 0. The Bertz CT molecular complexity index is 3570. The molecule has 9 aromatic carbocycles. The molecule has 1 unspecified atom stereocenters. The third-order valence-electron chi connectivity index (χ3n) is 12.7. The zero-order valence-electron chi connectivity index (χ0n) is 32.8. The lowest BCUT2D eigenvalue weighted by molar-refractivity contribution is 0.437. The number of thiophene rings is 1. The number of benzene rings is 9. The molecule has 2 aromatic heterocycles. The molecule has 284 valence electrons. The largest absolute Gasteiger partial charge is 0.457 e. The number of nitrogens with zero attached hydrogens (tertiary/aromatic N) is 2. The Labute approximate surface area is 356 Å². The van der Waals surface area contributed by atoms with Gasteiger partial charge in [0.05, 0.1) is 21.3 Å². The van der Waals surface area contributed by atoms with Crippen molar-refractivity contribution in [3.05, 3.63) is 229 Å². The molecule has 1 atom stereocenters. The van der Waals surface area contributed by atoms with Crippen LogP contribution in [0.25, 0.3) is 87.1 Å². The van der Waals surface area contributed by atoms with Crippen LogP contribution in [0.5, 0.6) is 11.5 Å². The van der Waals surface area contributed by atoms with E-state index in [0.717, 1.165) is 66.3 Å². The fourth-order valence-electron chi connectivity index (χ4n) is 10.1. The minimum atomic E-state index is -0.575. The van der Waals surface area contributed by atoms with Crippen molar-refractivity contribution >= 4 is 42.4 Å². The molecule has 1 aliphatic carbocycles. The van der Waals surface area contributed by atoms with Crippen LogP contribution in [0.3, 0.4) is 0 Å². The molecule has 4 heteroatoms. The van der Waals surface area contributed by atoms with Crippen molar-refractivity contribution in [3.63, 3.8) is 0 Å². The molecule has 0 radical (unpaired) electrons. The molecular weight excluding hydrogens is 761 g/mol. The van der Waals surface area contributed by atoms with Crippen LogP contribution in [0, 0.1) is 0 Å². The van der Waals surface area contributed by atoms with Gasteiger partial charge in [0.1, 0.15) is 11.5 Å². The highest BCUT2D eigenvalue weighted by molar-refractivity contribution is 7.26. The maximum absolute atomic E-state index is 6.80. The van der Waals surface area contributed by atoms with E-state index in [-0.39, 0.29) is 0 Å². The first-order valence-corrected chi connectivity index (χ1v) is 21.5. The number of para-hydroxylation sites is 1. The van der Waals surface area contributed by atoms with E-state index < -0.39 is 5.41 Å².